The van der Waals surface area contributed by atoms with Crippen LogP contribution in [0.4, 0.5) is 0 Å². The van der Waals surface area contributed by atoms with Crippen LogP contribution < -0.4 is 0 Å². The summed E-state index contributed by atoms with van der Waals surface area (Å²) in [6.07, 6.45) is 1.97. The summed E-state index contributed by atoms with van der Waals surface area (Å²) in [4.78, 5) is 10.9. The van der Waals surface area contributed by atoms with Crippen molar-refractivity contribution >= 4 is 140 Å². The molecule has 4 nitrogen and oxygen atoms in total. The Morgan fingerprint density at radius 3 is 1.35 bits per heavy atom. The first-order chi connectivity index (χ1) is 40.1. The van der Waals surface area contributed by atoms with E-state index in [1.54, 1.807) is 0 Å². The highest BCUT2D eigenvalue weighted by Gasteiger charge is 2.20. The molecule has 0 unspecified atom stereocenters. The van der Waals surface area contributed by atoms with E-state index in [1.165, 1.54) is 113 Å². The lowest BCUT2D eigenvalue weighted by Crippen LogP contribution is -1.96. The van der Waals surface area contributed by atoms with Gasteiger partial charge in [-0.3, -0.25) is 4.98 Å². The van der Waals surface area contributed by atoms with Crippen LogP contribution in [0, 0.1) is 0 Å². The van der Waals surface area contributed by atoms with E-state index in [0.717, 1.165) is 60.9 Å². The summed E-state index contributed by atoms with van der Waals surface area (Å²) >= 11 is 1.86. The van der Waals surface area contributed by atoms with E-state index in [-0.39, 0.29) is 0 Å². The Morgan fingerprint density at radius 1 is 0.247 bits per heavy atom. The highest BCUT2D eigenvalue weighted by molar-refractivity contribution is 7.25. The molecule has 0 aliphatic rings. The molecule has 4 heterocycles. The first kappa shape index (κ1) is 44.5. The molecule has 14 aromatic carbocycles. The molecule has 0 bridgehead atoms. The van der Waals surface area contributed by atoms with Crippen LogP contribution in [0.2, 0.25) is 0 Å². The van der Waals surface area contributed by atoms with Crippen molar-refractivity contribution < 1.29 is 0 Å². The summed E-state index contributed by atoms with van der Waals surface area (Å²) in [7, 11) is 0. The highest BCUT2D eigenvalue weighted by Crippen LogP contribution is 2.43. The van der Waals surface area contributed by atoms with Gasteiger partial charge in [-0.2, -0.15) is 0 Å². The van der Waals surface area contributed by atoms with Crippen molar-refractivity contribution in [3.8, 4) is 44.9 Å². The van der Waals surface area contributed by atoms with Crippen molar-refractivity contribution in [2.75, 3.05) is 0 Å². The zero-order chi connectivity index (χ0) is 52.9. The Hall–Kier alpha value is -10.5. The Morgan fingerprint density at radius 2 is 0.679 bits per heavy atom. The monoisotopic (exact) mass is 1040 g/mol. The molecule has 0 radical (unpaired) electrons. The lowest BCUT2D eigenvalue weighted by molar-refractivity contribution is 1.17. The summed E-state index contributed by atoms with van der Waals surface area (Å²) in [6, 6.07) is 96.1. The Balaban J connectivity index is 0.742. The molecule has 0 saturated heterocycles. The second-order valence-corrected chi connectivity index (χ2v) is 22.7. The fraction of sp³-hybridized carbons (Fsp3) is 0. The molecule has 0 aliphatic heterocycles. The molecule has 0 spiro atoms. The summed E-state index contributed by atoms with van der Waals surface area (Å²) in [5.74, 6) is 0. The quantitative estimate of drug-likeness (QED) is 0.161. The van der Waals surface area contributed by atoms with Gasteiger partial charge in [0.2, 0.25) is 0 Å². The lowest BCUT2D eigenvalue weighted by atomic mass is 9.91. The topological polar surface area (TPSA) is 35.6 Å². The number of thiophene rings is 1. The predicted octanol–water partition coefficient (Wildman–Crippen LogP) is 21.0. The average molecular weight is 1050 g/mol. The molecular formula is C76H44N4S. The largest absolute Gasteiger partial charge is 0.309 e. The van der Waals surface area contributed by atoms with Gasteiger partial charge in [0.15, 0.2) is 0 Å². The van der Waals surface area contributed by atoms with Gasteiger partial charge in [0.25, 0.3) is 0 Å². The standard InChI is InChI=1S/C76H44N4S/c1-2-18-54-52(16-1)53-17-3-4-20-56(53)63-39-47(28-33-57(54)63)45-14-13-15-46(38-45)48-29-34-58-55-19-5-6-24-62(55)76-75(67(58)40-48)77-44-68(78-76)49-30-35-71-64(41-49)59-21-7-10-25-69(59)79(71)50-31-36-72-65(42-50)60-22-8-11-26-70(60)80(72)51-32-37-74-66(43-51)61-23-9-12-27-73(61)81-74/h1-44H. The average Bonchev–Trinajstić information content (AvgIpc) is 4.36. The molecule has 0 fully saturated rings. The second kappa shape index (κ2) is 17.0. The second-order valence-electron chi connectivity index (χ2n) is 21.6. The third-order valence-corrected chi connectivity index (χ3v) is 18.4. The van der Waals surface area contributed by atoms with E-state index in [4.69, 9.17) is 9.97 Å². The summed E-state index contributed by atoms with van der Waals surface area (Å²) in [6.45, 7) is 0. The molecule has 0 atom stereocenters. The molecule has 0 N–H and O–H groups in total. The number of para-hydroxylation sites is 2. The van der Waals surface area contributed by atoms with Crippen LogP contribution in [0.5, 0.6) is 0 Å². The Labute approximate surface area is 468 Å². The molecule has 374 valence electrons. The van der Waals surface area contributed by atoms with Gasteiger partial charge in [-0.05, 0) is 150 Å². The molecule has 18 rings (SSSR count). The summed E-state index contributed by atoms with van der Waals surface area (Å²) in [5, 5.41) is 19.6. The van der Waals surface area contributed by atoms with Crippen molar-refractivity contribution in [3.63, 3.8) is 0 Å². The molecule has 4 aromatic heterocycles. The highest BCUT2D eigenvalue weighted by atomic mass is 32.1. The van der Waals surface area contributed by atoms with Gasteiger partial charge in [-0.15, -0.1) is 11.3 Å². The van der Waals surface area contributed by atoms with E-state index >= 15 is 0 Å². The third-order valence-electron chi connectivity index (χ3n) is 17.3. The van der Waals surface area contributed by atoms with Crippen molar-refractivity contribution in [1.29, 1.82) is 0 Å². The fourth-order valence-electron chi connectivity index (χ4n) is 13.6. The first-order valence-electron chi connectivity index (χ1n) is 27.7. The van der Waals surface area contributed by atoms with Gasteiger partial charge in [0, 0.05) is 69.4 Å². The van der Waals surface area contributed by atoms with Crippen LogP contribution >= 0.6 is 11.3 Å². The van der Waals surface area contributed by atoms with Crippen LogP contribution in [0.3, 0.4) is 0 Å². The van der Waals surface area contributed by atoms with Gasteiger partial charge < -0.3 is 9.13 Å². The van der Waals surface area contributed by atoms with E-state index in [9.17, 15) is 0 Å². The normalized spacial score (nSPS) is 12.2. The summed E-state index contributed by atoms with van der Waals surface area (Å²) in [5.41, 5.74) is 15.3. The zero-order valence-electron chi connectivity index (χ0n) is 43.6. The minimum atomic E-state index is 0.841. The van der Waals surface area contributed by atoms with Crippen molar-refractivity contribution in [2.45, 2.75) is 0 Å². The number of benzene rings is 14. The van der Waals surface area contributed by atoms with Crippen molar-refractivity contribution in [1.82, 2.24) is 19.1 Å². The molecular weight excluding hydrogens is 1000 g/mol. The van der Waals surface area contributed by atoms with Crippen molar-refractivity contribution in [3.05, 3.63) is 267 Å². The maximum atomic E-state index is 5.54. The van der Waals surface area contributed by atoms with Crippen LogP contribution in [-0.4, -0.2) is 19.1 Å². The van der Waals surface area contributed by atoms with E-state index in [1.807, 2.05) is 17.5 Å². The minimum Gasteiger partial charge on any atom is -0.309 e. The minimum absolute atomic E-state index is 0.841. The van der Waals surface area contributed by atoms with E-state index in [2.05, 4.69) is 270 Å². The molecule has 81 heavy (non-hydrogen) atoms. The Bertz CT molecular complexity index is 5710. The number of nitrogens with zero attached hydrogens (tertiary/aromatic N) is 4. The fourth-order valence-corrected chi connectivity index (χ4v) is 14.7. The molecule has 0 aliphatic carbocycles. The lowest BCUT2D eigenvalue weighted by Gasteiger charge is -2.14. The van der Waals surface area contributed by atoms with Gasteiger partial charge in [0.1, 0.15) is 0 Å². The number of fused-ring (bicyclic) bond motifs is 21. The number of aromatic nitrogens is 4. The zero-order valence-corrected chi connectivity index (χ0v) is 44.4. The van der Waals surface area contributed by atoms with E-state index in [0.29, 0.717) is 0 Å². The van der Waals surface area contributed by atoms with Crippen LogP contribution in [-0.2, 0) is 0 Å². The molecule has 0 saturated carbocycles. The Kier molecular flexibility index (Phi) is 9.35. The van der Waals surface area contributed by atoms with Crippen LogP contribution in [0.25, 0.3) is 174 Å². The number of rotatable bonds is 5. The van der Waals surface area contributed by atoms with Crippen molar-refractivity contribution in [2.24, 2.45) is 0 Å². The van der Waals surface area contributed by atoms with Crippen LogP contribution in [0.1, 0.15) is 0 Å². The smallest absolute Gasteiger partial charge is 0.0979 e. The number of hydrogen-bond acceptors (Lipinski definition) is 3. The third kappa shape index (κ3) is 6.58. The van der Waals surface area contributed by atoms with Crippen LogP contribution in [0.15, 0.2) is 267 Å². The van der Waals surface area contributed by atoms with Gasteiger partial charge in [0.05, 0.1) is 45.0 Å². The molecule has 5 heteroatoms. The van der Waals surface area contributed by atoms with Gasteiger partial charge in [-0.1, -0.05) is 176 Å². The summed E-state index contributed by atoms with van der Waals surface area (Å²) < 4.78 is 7.48. The maximum absolute atomic E-state index is 5.54. The van der Waals surface area contributed by atoms with Gasteiger partial charge in [-0.25, -0.2) is 4.98 Å². The van der Waals surface area contributed by atoms with E-state index < -0.39 is 0 Å². The SMILES string of the molecule is c1cc(-c2ccc3c4ccccc4c4ccccc4c3c2)cc(-c2ccc3c4ccccc4c4nc(-c5ccc6c(c5)c5ccccc5n6-c5ccc6c(c5)c5ccccc5n6-c5ccc6sc7ccccc7c6c5)cnc4c3c2)c1. The number of hydrogen-bond donors (Lipinski definition) is 0. The molecule has 18 aromatic rings. The van der Waals surface area contributed by atoms with Gasteiger partial charge >= 0.3 is 0 Å². The first-order valence-corrected chi connectivity index (χ1v) is 28.5. The predicted molar refractivity (Wildman–Crippen MR) is 345 cm³/mol. The maximum Gasteiger partial charge on any atom is 0.0979 e. The molecule has 0 amide bonds.